The van der Waals surface area contributed by atoms with Crippen molar-refractivity contribution in [3.63, 3.8) is 0 Å². The summed E-state index contributed by atoms with van der Waals surface area (Å²) in [6, 6.07) is 60.5. The minimum Gasteiger partial charge on any atom is -0.509 e. The summed E-state index contributed by atoms with van der Waals surface area (Å²) in [4.78, 5) is 9.28. The van der Waals surface area contributed by atoms with E-state index in [9.17, 15) is 0 Å². The van der Waals surface area contributed by atoms with E-state index in [-0.39, 0.29) is 49.1 Å². The molecule has 0 atom stereocenters. The van der Waals surface area contributed by atoms with Gasteiger partial charge in [0.1, 0.15) is 17.5 Å². The molecule has 0 aliphatic carbocycles. The summed E-state index contributed by atoms with van der Waals surface area (Å²) in [5, 5.41) is 2.14. The zero-order valence-corrected chi connectivity index (χ0v) is 50.4. The molecule has 0 saturated carbocycles. The van der Waals surface area contributed by atoms with E-state index in [1.807, 2.05) is 24.4 Å². The van der Waals surface area contributed by atoms with Crippen LogP contribution in [0.15, 0.2) is 164 Å². The molecule has 410 valence electrons. The summed E-state index contributed by atoms with van der Waals surface area (Å²) in [6.07, 6.45) is 1.89. The van der Waals surface area contributed by atoms with Crippen molar-refractivity contribution in [2.45, 2.75) is 118 Å². The predicted molar refractivity (Wildman–Crippen MR) is 325 cm³/mol. The van der Waals surface area contributed by atoms with E-state index in [0.29, 0.717) is 22.6 Å². The Morgan fingerprint density at radius 3 is 1.74 bits per heavy atom. The molecule has 8 aromatic carbocycles. The number of hydrogen-bond donors (Lipinski definition) is 0. The van der Waals surface area contributed by atoms with Gasteiger partial charge in [-0.05, 0) is 133 Å². The van der Waals surface area contributed by atoms with E-state index in [2.05, 4.69) is 245 Å². The van der Waals surface area contributed by atoms with Crippen molar-refractivity contribution in [3.05, 3.63) is 222 Å². The van der Waals surface area contributed by atoms with Crippen molar-refractivity contribution in [2.75, 3.05) is 9.80 Å². The van der Waals surface area contributed by atoms with Crippen molar-refractivity contribution in [1.29, 1.82) is 0 Å². The van der Waals surface area contributed by atoms with Gasteiger partial charge < -0.3 is 19.1 Å². The van der Waals surface area contributed by atoms with Crippen LogP contribution in [0.1, 0.15) is 130 Å². The van der Waals surface area contributed by atoms with Crippen molar-refractivity contribution in [2.24, 2.45) is 0 Å². The summed E-state index contributed by atoms with van der Waals surface area (Å²) in [6.45, 7) is 30.9. The first-order valence-electron chi connectivity index (χ1n) is 27.6. The van der Waals surface area contributed by atoms with E-state index in [1.165, 1.54) is 34.4 Å². The maximum Gasteiger partial charge on any atom is 0.135 e. The Morgan fingerprint density at radius 2 is 1.10 bits per heavy atom. The van der Waals surface area contributed by atoms with E-state index in [0.717, 1.165) is 84.3 Å². The molecule has 3 heterocycles. The SMILES string of the molecule is CC(C)c1cc(-c2cc(C(C)(C)C)cc(-c3cc(F)cc(F)c3)c2N2[CH-]N(c3[c-]c(Oc4[c-]c5c(cc4)c4ccccc4n5-c4cc(C(C)(C)C)ccn4)cc(-c4ccccc4C(C)(C)C)c3)c3ccccc32)cc(C(C)C)c1.[Pt]. The smallest absolute Gasteiger partial charge is 0.135 e. The molecule has 1 aliphatic heterocycles. The van der Waals surface area contributed by atoms with E-state index >= 15 is 8.78 Å². The Bertz CT molecular complexity index is 3940. The number of benzene rings is 8. The number of fused-ring (bicyclic) bond motifs is 4. The Hall–Kier alpha value is -7.34. The second-order valence-electron chi connectivity index (χ2n) is 25.0. The van der Waals surface area contributed by atoms with Gasteiger partial charge >= 0.3 is 0 Å². The first kappa shape index (κ1) is 56.0. The van der Waals surface area contributed by atoms with Crippen LogP contribution in [0.25, 0.3) is 61.0 Å². The van der Waals surface area contributed by atoms with Gasteiger partial charge in [-0.3, -0.25) is 0 Å². The van der Waals surface area contributed by atoms with Crippen LogP contribution in [0, 0.1) is 30.4 Å². The number of pyridine rings is 1. The van der Waals surface area contributed by atoms with Crippen molar-refractivity contribution >= 4 is 44.6 Å². The fourth-order valence-corrected chi connectivity index (χ4v) is 11.0. The third kappa shape index (κ3) is 10.7. The second-order valence-corrected chi connectivity index (χ2v) is 25.0. The van der Waals surface area contributed by atoms with Crippen molar-refractivity contribution in [3.8, 4) is 50.7 Å². The van der Waals surface area contributed by atoms with Crippen LogP contribution in [-0.4, -0.2) is 9.55 Å². The van der Waals surface area contributed by atoms with Gasteiger partial charge in [-0.2, -0.15) is 6.07 Å². The van der Waals surface area contributed by atoms with Crippen LogP contribution < -0.4 is 14.5 Å². The zero-order chi connectivity index (χ0) is 55.9. The Kier molecular flexibility index (Phi) is 14.9. The van der Waals surface area contributed by atoms with Crippen LogP contribution in [0.5, 0.6) is 11.5 Å². The number of rotatable bonds is 10. The zero-order valence-electron chi connectivity index (χ0n) is 48.1. The van der Waals surface area contributed by atoms with E-state index in [4.69, 9.17) is 9.72 Å². The molecule has 80 heavy (non-hydrogen) atoms. The molecule has 0 spiro atoms. The molecule has 0 fully saturated rings. The first-order chi connectivity index (χ1) is 37.5. The third-order valence-corrected chi connectivity index (χ3v) is 15.4. The van der Waals surface area contributed by atoms with Crippen LogP contribution in [0.4, 0.5) is 31.5 Å². The Morgan fingerprint density at radius 1 is 0.512 bits per heavy atom. The quantitative estimate of drug-likeness (QED) is 0.128. The Balaban J connectivity index is 0.00000720. The molecule has 5 nitrogen and oxygen atoms in total. The van der Waals surface area contributed by atoms with Gasteiger partial charge in [-0.25, -0.2) is 13.8 Å². The standard InChI is InChI=1S/C72H69F2N4O.Pt/c1-44(2)46-30-47(45(3)4)32-48(31-46)61-37-52(71(8,9)10)38-62(49-33-53(73)40-54(74)34-49)69(61)77-43-76(65-24-18-19-25-66(65)77)55-35-50(58-20-14-16-22-63(58)72(11,12)13)36-57(41-55)79-56-26-27-60-59-21-15-17-23-64(59)78(67(60)42-56)68-39-51(28-29-75-68)70(5,6)7;/h14-40,43-45H,1-13H3;/q-3;. The molecule has 0 N–H and O–H groups in total. The molecule has 0 saturated heterocycles. The van der Waals surface area contributed by atoms with Crippen LogP contribution >= 0.6 is 0 Å². The summed E-state index contributed by atoms with van der Waals surface area (Å²) in [5.41, 5.74) is 15.6. The van der Waals surface area contributed by atoms with Gasteiger partial charge in [0.25, 0.3) is 0 Å². The molecule has 0 bridgehead atoms. The monoisotopic (exact) mass is 1240 g/mol. The average Bonchev–Trinajstić information content (AvgIpc) is 4.17. The molecule has 2 aromatic heterocycles. The fourth-order valence-electron chi connectivity index (χ4n) is 11.0. The van der Waals surface area contributed by atoms with Crippen LogP contribution in [0.2, 0.25) is 0 Å². The molecule has 11 rings (SSSR count). The first-order valence-corrected chi connectivity index (χ1v) is 27.6. The summed E-state index contributed by atoms with van der Waals surface area (Å²) in [7, 11) is 0. The molecule has 0 amide bonds. The van der Waals surface area contributed by atoms with Crippen LogP contribution in [0.3, 0.4) is 0 Å². The summed E-state index contributed by atoms with van der Waals surface area (Å²) in [5.74, 6) is 1.08. The Labute approximate surface area is 486 Å². The maximum atomic E-state index is 15.6. The van der Waals surface area contributed by atoms with Gasteiger partial charge in [0, 0.05) is 78.5 Å². The minimum absolute atomic E-state index is 0. The number of para-hydroxylation sites is 3. The molecule has 10 aromatic rings. The van der Waals surface area contributed by atoms with E-state index < -0.39 is 11.6 Å². The molecule has 1 aliphatic rings. The van der Waals surface area contributed by atoms with E-state index in [1.54, 1.807) is 0 Å². The fraction of sp³-hybridized carbons (Fsp3) is 0.250. The van der Waals surface area contributed by atoms with Gasteiger partial charge in [-0.1, -0.05) is 168 Å². The number of nitrogens with zero attached hydrogens (tertiary/aromatic N) is 4. The van der Waals surface area contributed by atoms with Crippen LogP contribution in [-0.2, 0) is 37.3 Å². The summed E-state index contributed by atoms with van der Waals surface area (Å²) < 4.78 is 40.5. The third-order valence-electron chi connectivity index (χ3n) is 15.4. The number of halogens is 2. The number of anilines is 4. The minimum atomic E-state index is -0.640. The average molecular weight is 1240 g/mol. The molecular formula is C72H69F2N4OPt-3. The topological polar surface area (TPSA) is 33.5 Å². The summed E-state index contributed by atoms with van der Waals surface area (Å²) >= 11 is 0. The number of ether oxygens (including phenoxy) is 1. The van der Waals surface area contributed by atoms with Gasteiger partial charge in [0.15, 0.2) is 0 Å². The van der Waals surface area contributed by atoms with Gasteiger partial charge in [0.05, 0.1) is 0 Å². The largest absolute Gasteiger partial charge is 0.509 e. The molecule has 0 unspecified atom stereocenters. The number of hydrogen-bond acceptors (Lipinski definition) is 4. The molecule has 0 radical (unpaired) electrons. The van der Waals surface area contributed by atoms with Crippen molar-refractivity contribution in [1.82, 2.24) is 9.55 Å². The van der Waals surface area contributed by atoms with Crippen molar-refractivity contribution < 1.29 is 34.6 Å². The predicted octanol–water partition coefficient (Wildman–Crippen LogP) is 20.4. The molecule has 8 heteroatoms. The normalized spacial score (nSPS) is 13.0. The molecular weight excluding hydrogens is 1170 g/mol. The second kappa shape index (κ2) is 21.3. The van der Waals surface area contributed by atoms with Gasteiger partial charge in [0.2, 0.25) is 0 Å². The van der Waals surface area contributed by atoms with Gasteiger partial charge in [-0.15, -0.1) is 53.6 Å². The number of aromatic nitrogens is 2. The maximum absolute atomic E-state index is 15.6.